The molecule has 6 bridgehead atoms. The number of likely N-dealkylation sites (tertiary alicyclic amines) is 1. The van der Waals surface area contributed by atoms with Crippen molar-refractivity contribution in [1.29, 1.82) is 0 Å². The minimum atomic E-state index is -2.29. The first-order valence-electron chi connectivity index (χ1n) is 24.0. The number of amides is 4. The first kappa shape index (κ1) is 49.3. The molecule has 5 N–H and O–H groups in total. The predicted octanol–water partition coefficient (Wildman–Crippen LogP) is 4.38. The molecule has 0 radical (unpaired) electrons. The number of esters is 1. The van der Waals surface area contributed by atoms with Crippen LogP contribution in [0.5, 0.6) is 5.75 Å². The zero-order chi connectivity index (χ0) is 49.4. The van der Waals surface area contributed by atoms with E-state index in [1.165, 1.54) is 22.9 Å². The maximum atomic E-state index is 14.9. The number of carbonyl (C=O) groups is 5. The van der Waals surface area contributed by atoms with Gasteiger partial charge < -0.3 is 44.5 Å². The molecule has 5 heterocycles. The number of phenolic OH excluding ortho intramolecular Hbond substituents is 1. The molecular formula is C52H65N7O10. The Bertz CT molecular complexity index is 2660. The summed E-state index contributed by atoms with van der Waals surface area (Å²) in [6, 6.07) is 12.6. The highest BCUT2D eigenvalue weighted by Gasteiger charge is 2.50. The summed E-state index contributed by atoms with van der Waals surface area (Å²) in [5.74, 6) is -3.78. The number of methoxy groups -OCH3 is 1. The van der Waals surface area contributed by atoms with Crippen molar-refractivity contribution in [1.82, 2.24) is 35.1 Å². The molecule has 4 aromatic rings. The summed E-state index contributed by atoms with van der Waals surface area (Å²) in [5.41, 5.74) is 4.32. The third-order valence-corrected chi connectivity index (χ3v) is 14.4. The van der Waals surface area contributed by atoms with E-state index in [1.54, 1.807) is 19.4 Å². The number of hydrogen-bond donors (Lipinski definition) is 5. The van der Waals surface area contributed by atoms with Gasteiger partial charge in [0.05, 0.1) is 31.1 Å². The number of ether oxygens (including phenoxy) is 2. The normalized spacial score (nSPS) is 23.6. The Labute approximate surface area is 402 Å². The van der Waals surface area contributed by atoms with E-state index in [4.69, 9.17) is 14.5 Å². The number of hydrazine groups is 1. The molecule has 2 saturated heterocycles. The van der Waals surface area contributed by atoms with E-state index in [-0.39, 0.29) is 70.2 Å². The van der Waals surface area contributed by atoms with Crippen LogP contribution in [-0.2, 0) is 59.4 Å². The average molecular weight is 948 g/mol. The minimum Gasteiger partial charge on any atom is -0.508 e. The van der Waals surface area contributed by atoms with Crippen LogP contribution >= 0.6 is 0 Å². The average Bonchev–Trinajstić information content (AvgIpc) is 4.08. The maximum Gasteiger partial charge on any atom is 0.355 e. The van der Waals surface area contributed by atoms with Gasteiger partial charge in [0.1, 0.15) is 17.8 Å². The Kier molecular flexibility index (Phi) is 14.1. The number of phenols is 1. The number of likely N-dealkylation sites (N-methyl/N-ethyl adjacent to an activating group) is 1. The SMILES string of the molecule is C=CC(=O)N1CCC(O)(C(=O)N(C)[C@H](C(=O)N[C@H]2Cc3cc(O)cc(c3)-c3ccc4c(c3)c(c(-c3cccnc3COC)n4CC)CC(C)(C)COC(=O)[C@@]3(O)CCCN(N3)C2=O)C2CCCC2)C1. The molecule has 4 atom stereocenters. The van der Waals surface area contributed by atoms with Gasteiger partial charge >= 0.3 is 5.97 Å². The van der Waals surface area contributed by atoms with Crippen molar-refractivity contribution >= 4 is 40.5 Å². The first-order valence-corrected chi connectivity index (χ1v) is 24.0. The van der Waals surface area contributed by atoms with Crippen molar-refractivity contribution in [2.45, 2.75) is 115 Å². The third-order valence-electron chi connectivity index (χ3n) is 14.4. The van der Waals surface area contributed by atoms with Gasteiger partial charge in [0, 0.05) is 81.1 Å². The fourth-order valence-corrected chi connectivity index (χ4v) is 10.9. The molecule has 17 heteroatoms. The van der Waals surface area contributed by atoms with Crippen LogP contribution in [0.3, 0.4) is 0 Å². The van der Waals surface area contributed by atoms with E-state index < -0.39 is 58.4 Å². The molecule has 0 spiro atoms. The number of cyclic esters (lactones) is 1. The second-order valence-corrected chi connectivity index (χ2v) is 20.0. The highest BCUT2D eigenvalue weighted by atomic mass is 16.6. The summed E-state index contributed by atoms with van der Waals surface area (Å²) < 4.78 is 13.8. The van der Waals surface area contributed by atoms with Gasteiger partial charge in [0.15, 0.2) is 5.60 Å². The number of aryl methyl sites for hydroxylation is 1. The highest BCUT2D eigenvalue weighted by molar-refractivity contribution is 5.97. The van der Waals surface area contributed by atoms with Gasteiger partial charge in [-0.05, 0) is 103 Å². The number of hydrogen-bond acceptors (Lipinski definition) is 12. The van der Waals surface area contributed by atoms with Crippen LogP contribution in [0.2, 0.25) is 0 Å². The number of nitrogens with one attached hydrogen (secondary N) is 2. The second kappa shape index (κ2) is 19.7. The van der Waals surface area contributed by atoms with Crippen LogP contribution in [0.25, 0.3) is 33.3 Å². The zero-order valence-electron chi connectivity index (χ0n) is 40.3. The molecule has 8 rings (SSSR count). The number of β-amino-alcohol motifs (C(OH)–C–C–N with tert-alkyl or cyclic N) is 1. The van der Waals surface area contributed by atoms with Crippen LogP contribution in [0.15, 0.2) is 67.4 Å². The fourth-order valence-electron chi connectivity index (χ4n) is 10.9. The van der Waals surface area contributed by atoms with E-state index in [0.29, 0.717) is 36.9 Å². The zero-order valence-corrected chi connectivity index (χ0v) is 40.3. The van der Waals surface area contributed by atoms with E-state index in [1.807, 2.05) is 44.2 Å². The molecular weight excluding hydrogens is 883 g/mol. The van der Waals surface area contributed by atoms with Gasteiger partial charge in [-0.25, -0.2) is 4.79 Å². The van der Waals surface area contributed by atoms with Gasteiger partial charge in [-0.2, -0.15) is 5.43 Å². The van der Waals surface area contributed by atoms with Gasteiger partial charge in [0.25, 0.3) is 11.8 Å². The molecule has 1 saturated carbocycles. The smallest absolute Gasteiger partial charge is 0.355 e. The standard InChI is InChI=1S/C52H65N7O10/c1-7-43(61)57-22-19-51(66,30-57)48(64)56(5)44(33-13-9-10-14-33)46(62)54-40-25-32-23-35(26-36(60)24-32)34-16-17-42-38(27-34)39(45(58(42)8-2)37-15-11-20-53-41(37)29-68-6)28-50(3,4)31-69-49(65)52(67)18-12-21-59(55-52)47(40)63/h7,11,15-17,20,23-24,26-27,33,40,44,55,60,66-67H,1,8-10,12-14,18-19,21-22,25,28-31H2,2-6H3,(H,54,62)/t40-,44-,51?,52-/m0/s1. The molecule has 69 heavy (non-hydrogen) atoms. The molecule has 4 amide bonds. The largest absolute Gasteiger partial charge is 0.508 e. The van der Waals surface area contributed by atoms with Crippen LogP contribution in [0, 0.1) is 11.3 Å². The van der Waals surface area contributed by atoms with Crippen LogP contribution in [0.4, 0.5) is 0 Å². The van der Waals surface area contributed by atoms with E-state index >= 15 is 0 Å². The minimum absolute atomic E-state index is 0.0289. The van der Waals surface area contributed by atoms with Gasteiger partial charge in [-0.1, -0.05) is 45.4 Å². The molecule has 17 nitrogen and oxygen atoms in total. The Hall–Kier alpha value is -6.14. The molecule has 368 valence electrons. The Morgan fingerprint density at radius 2 is 1.83 bits per heavy atom. The summed E-state index contributed by atoms with van der Waals surface area (Å²) >= 11 is 0. The third kappa shape index (κ3) is 9.87. The molecule has 1 aliphatic carbocycles. The number of fused-ring (bicyclic) bond motifs is 6. The lowest BCUT2D eigenvalue weighted by atomic mass is 9.84. The number of aromatic hydroxyl groups is 1. The highest BCUT2D eigenvalue weighted by Crippen LogP contribution is 2.42. The molecule has 1 unspecified atom stereocenters. The van der Waals surface area contributed by atoms with Gasteiger partial charge in [-0.15, -0.1) is 0 Å². The molecule has 3 aliphatic heterocycles. The van der Waals surface area contributed by atoms with Crippen molar-refractivity contribution in [3.05, 3.63) is 84.2 Å². The maximum absolute atomic E-state index is 14.9. The molecule has 2 aromatic heterocycles. The summed E-state index contributed by atoms with van der Waals surface area (Å²) in [6.07, 6.45) is 6.17. The Morgan fingerprint density at radius 1 is 1.06 bits per heavy atom. The van der Waals surface area contributed by atoms with E-state index in [0.717, 1.165) is 62.9 Å². The van der Waals surface area contributed by atoms with Crippen LogP contribution in [-0.4, -0.2) is 133 Å². The number of aliphatic hydroxyl groups is 2. The fraction of sp³-hybridized carbons (Fsp3) is 0.500. The van der Waals surface area contributed by atoms with Crippen molar-refractivity contribution in [3.8, 4) is 28.1 Å². The van der Waals surface area contributed by atoms with E-state index in [9.17, 15) is 39.3 Å². The van der Waals surface area contributed by atoms with Gasteiger partial charge in [0.2, 0.25) is 17.5 Å². The summed E-state index contributed by atoms with van der Waals surface area (Å²) in [5, 5.41) is 40.0. The summed E-state index contributed by atoms with van der Waals surface area (Å²) in [7, 11) is 3.09. The summed E-state index contributed by atoms with van der Waals surface area (Å²) in [4.78, 5) is 77.7. The quantitative estimate of drug-likeness (QED) is 0.111. The number of aromatic nitrogens is 2. The molecule has 4 aliphatic rings. The first-order chi connectivity index (χ1) is 32.9. The lowest BCUT2D eigenvalue weighted by Crippen LogP contribution is -2.67. The Balaban J connectivity index is 1.22. The molecule has 2 aromatic carbocycles. The van der Waals surface area contributed by atoms with Crippen LogP contribution < -0.4 is 10.7 Å². The number of nitrogens with zero attached hydrogens (tertiary/aromatic N) is 5. The number of pyridine rings is 1. The Morgan fingerprint density at radius 3 is 2.55 bits per heavy atom. The number of benzene rings is 2. The second-order valence-electron chi connectivity index (χ2n) is 20.0. The van der Waals surface area contributed by atoms with Crippen molar-refractivity contribution in [3.63, 3.8) is 0 Å². The lowest BCUT2D eigenvalue weighted by Gasteiger charge is -2.40. The molecule has 3 fully saturated rings. The number of rotatable bonds is 10. The van der Waals surface area contributed by atoms with E-state index in [2.05, 4.69) is 34.9 Å². The van der Waals surface area contributed by atoms with Crippen molar-refractivity contribution in [2.24, 2.45) is 11.3 Å². The summed E-state index contributed by atoms with van der Waals surface area (Å²) in [6.45, 7) is 10.3. The topological polar surface area (TPSA) is 216 Å². The van der Waals surface area contributed by atoms with Gasteiger partial charge in [-0.3, -0.25) is 29.2 Å². The monoisotopic (exact) mass is 947 g/mol. The van der Waals surface area contributed by atoms with Crippen molar-refractivity contribution in [2.75, 3.05) is 40.4 Å². The van der Waals surface area contributed by atoms with Crippen LogP contribution in [0.1, 0.15) is 82.5 Å². The van der Waals surface area contributed by atoms with Crippen molar-refractivity contribution < 1.29 is 48.8 Å². The number of carbonyl (C=O) groups excluding carboxylic acids is 5. The lowest BCUT2D eigenvalue weighted by molar-refractivity contribution is -0.189. The predicted molar refractivity (Wildman–Crippen MR) is 257 cm³/mol.